The Morgan fingerprint density at radius 1 is 1.33 bits per heavy atom. The third-order valence-corrected chi connectivity index (χ3v) is 4.41. The molecule has 0 saturated carbocycles. The number of nitrogens with zero attached hydrogens (tertiary/aromatic N) is 2. The minimum Gasteiger partial charge on any atom is -0.304 e. The zero-order valence-corrected chi connectivity index (χ0v) is 10.3. The van der Waals surface area contributed by atoms with Crippen LogP contribution in [0, 0.1) is 0 Å². The molecule has 0 bridgehead atoms. The molecule has 0 amide bonds. The molecule has 3 nitrogen and oxygen atoms in total. The van der Waals surface area contributed by atoms with Gasteiger partial charge in [0.1, 0.15) is 5.78 Å². The zero-order valence-electron chi connectivity index (χ0n) is 9.45. The van der Waals surface area contributed by atoms with E-state index in [-0.39, 0.29) is 0 Å². The molecule has 1 unspecified atom stereocenters. The zero-order chi connectivity index (χ0) is 10.7. The average molecular weight is 228 g/mol. The van der Waals surface area contributed by atoms with E-state index in [4.69, 9.17) is 0 Å². The molecule has 0 aromatic heterocycles. The largest absolute Gasteiger partial charge is 0.304 e. The van der Waals surface area contributed by atoms with Gasteiger partial charge in [0.05, 0.1) is 0 Å². The van der Waals surface area contributed by atoms with Gasteiger partial charge in [-0.25, -0.2) is 0 Å². The Labute approximate surface area is 96.2 Å². The van der Waals surface area contributed by atoms with Crippen molar-refractivity contribution in [1.29, 1.82) is 0 Å². The Morgan fingerprint density at radius 2 is 2.07 bits per heavy atom. The van der Waals surface area contributed by atoms with Gasteiger partial charge < -0.3 is 9.80 Å². The standard InChI is InChI=1S/C11H20N2OS/c1-12-6-7-15-11(8-12)9-13-4-2-10(14)3-5-13/h11H,2-9H2,1H3. The Morgan fingerprint density at radius 3 is 2.73 bits per heavy atom. The van der Waals surface area contributed by atoms with E-state index in [0.29, 0.717) is 5.78 Å². The van der Waals surface area contributed by atoms with E-state index < -0.39 is 0 Å². The second-order valence-electron chi connectivity index (χ2n) is 4.59. The minimum absolute atomic E-state index is 0.444. The van der Waals surface area contributed by atoms with Crippen molar-refractivity contribution in [3.8, 4) is 0 Å². The molecular formula is C11H20N2OS. The predicted octanol–water partition coefficient (Wildman–Crippen LogP) is 0.699. The normalized spacial score (nSPS) is 30.7. The van der Waals surface area contributed by atoms with Crippen molar-refractivity contribution >= 4 is 17.5 Å². The fourth-order valence-corrected chi connectivity index (χ4v) is 3.68. The molecule has 2 fully saturated rings. The summed E-state index contributed by atoms with van der Waals surface area (Å²) in [4.78, 5) is 16.0. The van der Waals surface area contributed by atoms with E-state index in [9.17, 15) is 4.79 Å². The van der Waals surface area contributed by atoms with Crippen LogP contribution in [-0.4, -0.2) is 66.4 Å². The second kappa shape index (κ2) is 5.32. The van der Waals surface area contributed by atoms with E-state index in [1.54, 1.807) is 0 Å². The summed E-state index contributed by atoms with van der Waals surface area (Å²) in [6.45, 7) is 5.57. The number of Topliss-reactive ketones (excluding diaryl/α,β-unsaturated/α-hetero) is 1. The summed E-state index contributed by atoms with van der Waals surface area (Å²) in [5.41, 5.74) is 0. The molecular weight excluding hydrogens is 208 g/mol. The quantitative estimate of drug-likeness (QED) is 0.694. The number of thioether (sulfide) groups is 1. The van der Waals surface area contributed by atoms with Gasteiger partial charge in [0.2, 0.25) is 0 Å². The lowest BCUT2D eigenvalue weighted by Crippen LogP contribution is -2.44. The highest BCUT2D eigenvalue weighted by atomic mass is 32.2. The molecule has 0 aliphatic carbocycles. The lowest BCUT2D eigenvalue weighted by molar-refractivity contribution is -0.121. The predicted molar refractivity (Wildman–Crippen MR) is 64.4 cm³/mol. The van der Waals surface area contributed by atoms with Gasteiger partial charge in [-0.15, -0.1) is 0 Å². The Bertz CT molecular complexity index is 225. The van der Waals surface area contributed by atoms with E-state index in [0.717, 1.165) is 31.2 Å². The molecule has 1 atom stereocenters. The molecule has 2 rings (SSSR count). The highest BCUT2D eigenvalue weighted by molar-refractivity contribution is 8.00. The van der Waals surface area contributed by atoms with E-state index in [1.165, 1.54) is 25.4 Å². The smallest absolute Gasteiger partial charge is 0.135 e. The van der Waals surface area contributed by atoms with Gasteiger partial charge in [-0.3, -0.25) is 4.79 Å². The lowest BCUT2D eigenvalue weighted by atomic mass is 10.1. The van der Waals surface area contributed by atoms with Crippen molar-refractivity contribution in [2.24, 2.45) is 0 Å². The number of rotatable bonds is 2. The Hall–Kier alpha value is -0.0600. The molecule has 86 valence electrons. The monoisotopic (exact) mass is 228 g/mol. The first-order valence-corrected chi connectivity index (χ1v) is 6.83. The summed E-state index contributed by atoms with van der Waals surface area (Å²) in [6, 6.07) is 0. The summed E-state index contributed by atoms with van der Waals surface area (Å²) < 4.78 is 0. The van der Waals surface area contributed by atoms with Crippen LogP contribution in [0.25, 0.3) is 0 Å². The number of hydrogen-bond acceptors (Lipinski definition) is 4. The molecule has 0 aromatic carbocycles. The van der Waals surface area contributed by atoms with Gasteiger partial charge in [-0.05, 0) is 7.05 Å². The highest BCUT2D eigenvalue weighted by Gasteiger charge is 2.23. The summed E-state index contributed by atoms with van der Waals surface area (Å²) >= 11 is 2.09. The molecule has 0 N–H and O–H groups in total. The van der Waals surface area contributed by atoms with Crippen molar-refractivity contribution in [1.82, 2.24) is 9.80 Å². The summed E-state index contributed by atoms with van der Waals surface area (Å²) in [5.74, 6) is 1.70. The molecule has 2 saturated heterocycles. The fraction of sp³-hybridized carbons (Fsp3) is 0.909. The van der Waals surface area contributed by atoms with Crippen LogP contribution in [-0.2, 0) is 4.79 Å². The van der Waals surface area contributed by atoms with Gasteiger partial charge in [0.15, 0.2) is 0 Å². The van der Waals surface area contributed by atoms with Gasteiger partial charge in [-0.2, -0.15) is 11.8 Å². The van der Waals surface area contributed by atoms with Gasteiger partial charge in [0, 0.05) is 56.6 Å². The maximum Gasteiger partial charge on any atom is 0.135 e. The number of carbonyl (C=O) groups is 1. The van der Waals surface area contributed by atoms with Crippen molar-refractivity contribution in [3.63, 3.8) is 0 Å². The average Bonchev–Trinajstić information content (AvgIpc) is 2.22. The van der Waals surface area contributed by atoms with Crippen LogP contribution in [0.4, 0.5) is 0 Å². The maximum atomic E-state index is 11.1. The van der Waals surface area contributed by atoms with Crippen LogP contribution in [0.2, 0.25) is 0 Å². The minimum atomic E-state index is 0.444. The molecule has 0 aromatic rings. The van der Waals surface area contributed by atoms with Crippen LogP contribution in [0.5, 0.6) is 0 Å². The molecule has 2 aliphatic heterocycles. The number of hydrogen-bond donors (Lipinski definition) is 0. The third-order valence-electron chi connectivity index (χ3n) is 3.22. The molecule has 2 heterocycles. The van der Waals surface area contributed by atoms with Crippen LogP contribution in [0.1, 0.15) is 12.8 Å². The van der Waals surface area contributed by atoms with Crippen molar-refractivity contribution < 1.29 is 4.79 Å². The van der Waals surface area contributed by atoms with Crippen LogP contribution in [0.15, 0.2) is 0 Å². The second-order valence-corrected chi connectivity index (χ2v) is 6.00. The summed E-state index contributed by atoms with van der Waals surface area (Å²) in [7, 11) is 2.20. The molecule has 15 heavy (non-hydrogen) atoms. The number of carbonyl (C=O) groups excluding carboxylic acids is 1. The van der Waals surface area contributed by atoms with Gasteiger partial charge in [-0.1, -0.05) is 0 Å². The van der Waals surface area contributed by atoms with Crippen LogP contribution < -0.4 is 0 Å². The number of ketones is 1. The van der Waals surface area contributed by atoms with Crippen LogP contribution >= 0.6 is 11.8 Å². The summed E-state index contributed by atoms with van der Waals surface area (Å²) in [6.07, 6.45) is 1.54. The number of piperidine rings is 1. The SMILES string of the molecule is CN1CCSC(CN2CCC(=O)CC2)C1. The van der Waals surface area contributed by atoms with E-state index in [1.807, 2.05) is 0 Å². The van der Waals surface area contributed by atoms with Crippen molar-refractivity contribution in [2.75, 3.05) is 45.5 Å². The first-order chi connectivity index (χ1) is 7.24. The molecule has 2 aliphatic rings. The highest BCUT2D eigenvalue weighted by Crippen LogP contribution is 2.19. The topological polar surface area (TPSA) is 23.6 Å². The fourth-order valence-electron chi connectivity index (χ4n) is 2.25. The van der Waals surface area contributed by atoms with Crippen molar-refractivity contribution in [3.05, 3.63) is 0 Å². The first kappa shape index (κ1) is 11.4. The van der Waals surface area contributed by atoms with Crippen molar-refractivity contribution in [2.45, 2.75) is 18.1 Å². The third kappa shape index (κ3) is 3.47. The Balaban J connectivity index is 1.74. The maximum absolute atomic E-state index is 11.1. The van der Waals surface area contributed by atoms with E-state index >= 15 is 0 Å². The number of likely N-dealkylation sites (tertiary alicyclic amines) is 1. The lowest BCUT2D eigenvalue weighted by Gasteiger charge is -2.34. The Kier molecular flexibility index (Phi) is 4.05. The molecule has 0 radical (unpaired) electrons. The van der Waals surface area contributed by atoms with Gasteiger partial charge >= 0.3 is 0 Å². The van der Waals surface area contributed by atoms with Crippen LogP contribution in [0.3, 0.4) is 0 Å². The molecule has 4 heteroatoms. The summed E-state index contributed by atoms with van der Waals surface area (Å²) in [5, 5.41) is 0.747. The first-order valence-electron chi connectivity index (χ1n) is 5.78. The molecule has 0 spiro atoms. The van der Waals surface area contributed by atoms with Gasteiger partial charge in [0.25, 0.3) is 0 Å². The van der Waals surface area contributed by atoms with E-state index in [2.05, 4.69) is 28.6 Å².